The van der Waals surface area contributed by atoms with Gasteiger partial charge in [-0.3, -0.25) is 0 Å². The Morgan fingerprint density at radius 3 is 2.72 bits per heavy atom. The van der Waals surface area contributed by atoms with E-state index in [1.54, 1.807) is 0 Å². The molecule has 1 fully saturated rings. The fraction of sp³-hybridized carbons (Fsp3) is 0.500. The number of nitrogens with zero attached hydrogens (tertiary/aromatic N) is 3. The Kier molecular flexibility index (Phi) is 5.49. The molecule has 2 aliphatic heterocycles. The predicted molar refractivity (Wildman–Crippen MR) is 104 cm³/mol. The van der Waals surface area contributed by atoms with E-state index >= 15 is 0 Å². The zero-order valence-electron chi connectivity index (χ0n) is 16.2. The first-order chi connectivity index (χ1) is 14.0. The first-order valence-corrected chi connectivity index (χ1v) is 9.82. The summed E-state index contributed by atoms with van der Waals surface area (Å²) in [6.07, 6.45) is 2.90. The monoisotopic (exact) mass is 407 g/mol. The van der Waals surface area contributed by atoms with E-state index in [2.05, 4.69) is 20.2 Å². The summed E-state index contributed by atoms with van der Waals surface area (Å²) in [4.78, 5) is 10.7. The smallest absolute Gasteiger partial charge is 0.204 e. The number of piperidine rings is 1. The highest BCUT2D eigenvalue weighted by Crippen LogP contribution is 2.39. The summed E-state index contributed by atoms with van der Waals surface area (Å²) >= 11 is 0. The summed E-state index contributed by atoms with van der Waals surface area (Å²) in [6.45, 7) is 3.91. The largest absolute Gasteiger partial charge is 0.485 e. The predicted octanol–water partition coefficient (Wildman–Crippen LogP) is 2.97. The van der Waals surface area contributed by atoms with E-state index in [0.717, 1.165) is 11.9 Å². The second kappa shape index (κ2) is 8.06. The van der Waals surface area contributed by atoms with Gasteiger partial charge >= 0.3 is 0 Å². The summed E-state index contributed by atoms with van der Waals surface area (Å²) in [5.41, 5.74) is 5.63. The molecule has 3 heterocycles. The van der Waals surface area contributed by atoms with Crippen LogP contribution < -0.4 is 20.7 Å². The molecule has 1 unspecified atom stereocenters. The van der Waals surface area contributed by atoms with Crippen LogP contribution in [0.2, 0.25) is 0 Å². The normalized spacial score (nSPS) is 18.0. The van der Waals surface area contributed by atoms with E-state index in [9.17, 15) is 13.2 Å². The Bertz CT molecular complexity index is 902. The van der Waals surface area contributed by atoms with Crippen LogP contribution in [0.1, 0.15) is 29.9 Å². The molecule has 2 aliphatic rings. The van der Waals surface area contributed by atoms with Crippen molar-refractivity contribution in [3.63, 3.8) is 0 Å². The zero-order valence-corrected chi connectivity index (χ0v) is 16.2. The van der Waals surface area contributed by atoms with Gasteiger partial charge in [0.1, 0.15) is 18.8 Å². The Labute approximate surface area is 167 Å². The first-order valence-electron chi connectivity index (χ1n) is 9.82. The van der Waals surface area contributed by atoms with Crippen LogP contribution in [-0.2, 0) is 0 Å². The number of aromatic nitrogens is 2. The molecule has 0 radical (unpaired) electrons. The van der Waals surface area contributed by atoms with Crippen LogP contribution in [0.3, 0.4) is 0 Å². The number of nitrogens with two attached hydrogens (primary N) is 1. The minimum Gasteiger partial charge on any atom is -0.485 e. The number of fused-ring (bicyclic) bond motifs is 1. The van der Waals surface area contributed by atoms with E-state index in [1.807, 2.05) is 0 Å². The van der Waals surface area contributed by atoms with Crippen LogP contribution >= 0.6 is 0 Å². The molecule has 4 rings (SSSR count). The van der Waals surface area contributed by atoms with Crippen molar-refractivity contribution in [2.45, 2.75) is 25.7 Å². The molecule has 9 heteroatoms. The molecular weight excluding hydrogens is 383 g/mol. The fourth-order valence-corrected chi connectivity index (χ4v) is 4.23. The Balaban J connectivity index is 1.52. The Hall–Kier alpha value is -2.55. The maximum absolute atomic E-state index is 14.5. The number of halogens is 3. The Morgan fingerprint density at radius 1 is 1.24 bits per heavy atom. The van der Waals surface area contributed by atoms with Gasteiger partial charge in [0.25, 0.3) is 0 Å². The summed E-state index contributed by atoms with van der Waals surface area (Å²) in [5.74, 6) is -1.25. The van der Waals surface area contributed by atoms with Gasteiger partial charge in [-0.25, -0.2) is 23.1 Å². The van der Waals surface area contributed by atoms with E-state index in [4.69, 9.17) is 10.5 Å². The van der Waals surface area contributed by atoms with Crippen molar-refractivity contribution in [1.82, 2.24) is 9.97 Å². The minimum atomic E-state index is -1.13. The average molecular weight is 407 g/mol. The average Bonchev–Trinajstić information content (AvgIpc) is 2.76. The SMILES string of the molecule is Cc1c(F)cc(C(CN)C2CCN(c3ncnc4c3OCCN4)CC2)c(F)c1F. The van der Waals surface area contributed by atoms with E-state index < -0.39 is 23.4 Å². The van der Waals surface area contributed by atoms with Crippen LogP contribution in [0.4, 0.5) is 24.8 Å². The van der Waals surface area contributed by atoms with Crippen LogP contribution in [0.15, 0.2) is 12.4 Å². The van der Waals surface area contributed by atoms with Gasteiger partial charge < -0.3 is 20.7 Å². The van der Waals surface area contributed by atoms with Crippen molar-refractivity contribution >= 4 is 11.6 Å². The van der Waals surface area contributed by atoms with Gasteiger partial charge in [0.2, 0.25) is 5.75 Å². The third kappa shape index (κ3) is 3.59. The second-order valence-electron chi connectivity index (χ2n) is 7.52. The maximum Gasteiger partial charge on any atom is 0.204 e. The van der Waals surface area contributed by atoms with Crippen LogP contribution in [0.5, 0.6) is 5.75 Å². The van der Waals surface area contributed by atoms with Crippen LogP contribution in [-0.4, -0.2) is 42.8 Å². The molecule has 3 N–H and O–H groups in total. The van der Waals surface area contributed by atoms with Crippen LogP contribution in [0.25, 0.3) is 0 Å². The maximum atomic E-state index is 14.5. The molecule has 0 bridgehead atoms. The summed E-state index contributed by atoms with van der Waals surface area (Å²) < 4.78 is 48.4. The highest BCUT2D eigenvalue weighted by atomic mass is 19.2. The quantitative estimate of drug-likeness (QED) is 0.759. The van der Waals surface area contributed by atoms with Gasteiger partial charge in [-0.05, 0) is 43.9 Å². The molecule has 1 aromatic heterocycles. The number of hydrogen-bond acceptors (Lipinski definition) is 6. The third-order valence-electron chi connectivity index (χ3n) is 5.90. The standard InChI is InChI=1S/C20H24F3N5O/c1-11-15(21)8-13(17(23)16(11)22)14(9-24)12-2-5-28(6-3-12)20-18-19(26-10-27-20)25-4-7-29-18/h8,10,12,14H,2-7,9,24H2,1H3,(H,25,26,27). The van der Waals surface area contributed by atoms with Gasteiger partial charge in [0, 0.05) is 24.6 Å². The molecule has 1 saturated heterocycles. The van der Waals surface area contributed by atoms with Crippen molar-refractivity contribution in [2.75, 3.05) is 43.0 Å². The zero-order chi connectivity index (χ0) is 20.5. The van der Waals surface area contributed by atoms with Gasteiger partial charge in [0.15, 0.2) is 23.3 Å². The summed E-state index contributed by atoms with van der Waals surface area (Å²) in [5, 5.41) is 3.19. The lowest BCUT2D eigenvalue weighted by Crippen LogP contribution is -2.38. The Morgan fingerprint density at radius 2 is 2.00 bits per heavy atom. The lowest BCUT2D eigenvalue weighted by molar-refractivity contribution is 0.311. The highest BCUT2D eigenvalue weighted by Gasteiger charge is 2.32. The topological polar surface area (TPSA) is 76.3 Å². The van der Waals surface area contributed by atoms with Crippen molar-refractivity contribution in [3.8, 4) is 5.75 Å². The van der Waals surface area contributed by atoms with E-state index in [1.165, 1.54) is 13.3 Å². The highest BCUT2D eigenvalue weighted by molar-refractivity contribution is 5.65. The number of anilines is 2. The molecule has 0 saturated carbocycles. The third-order valence-corrected chi connectivity index (χ3v) is 5.90. The number of benzene rings is 1. The van der Waals surface area contributed by atoms with Crippen molar-refractivity contribution in [3.05, 3.63) is 41.0 Å². The number of nitrogens with one attached hydrogen (secondary N) is 1. The molecule has 0 aliphatic carbocycles. The van der Waals surface area contributed by atoms with Crippen molar-refractivity contribution in [1.29, 1.82) is 0 Å². The molecule has 1 aromatic carbocycles. The van der Waals surface area contributed by atoms with E-state index in [-0.39, 0.29) is 23.6 Å². The fourth-order valence-electron chi connectivity index (χ4n) is 4.23. The summed E-state index contributed by atoms with van der Waals surface area (Å²) in [7, 11) is 0. The molecule has 6 nitrogen and oxygen atoms in total. The molecular formula is C20H24F3N5O. The number of hydrogen-bond donors (Lipinski definition) is 2. The molecule has 1 atom stereocenters. The summed E-state index contributed by atoms with van der Waals surface area (Å²) in [6, 6.07) is 1.10. The van der Waals surface area contributed by atoms with Gasteiger partial charge in [-0.15, -0.1) is 0 Å². The van der Waals surface area contributed by atoms with Crippen LogP contribution in [0, 0.1) is 30.3 Å². The van der Waals surface area contributed by atoms with Crippen molar-refractivity contribution in [2.24, 2.45) is 11.7 Å². The molecule has 156 valence electrons. The molecule has 2 aromatic rings. The number of ether oxygens (including phenoxy) is 1. The van der Waals surface area contributed by atoms with E-state index in [0.29, 0.717) is 50.7 Å². The lowest BCUT2D eigenvalue weighted by atomic mass is 9.79. The van der Waals surface area contributed by atoms with Gasteiger partial charge in [-0.1, -0.05) is 0 Å². The molecule has 0 amide bonds. The van der Waals surface area contributed by atoms with Gasteiger partial charge in [-0.2, -0.15) is 0 Å². The molecule has 29 heavy (non-hydrogen) atoms. The minimum absolute atomic E-state index is 0.0176. The lowest BCUT2D eigenvalue weighted by Gasteiger charge is -2.37. The second-order valence-corrected chi connectivity index (χ2v) is 7.52. The van der Waals surface area contributed by atoms with Gasteiger partial charge in [0.05, 0.1) is 6.54 Å². The number of rotatable bonds is 4. The van der Waals surface area contributed by atoms with Crippen molar-refractivity contribution < 1.29 is 17.9 Å². The first kappa shape index (κ1) is 19.8. The molecule has 0 spiro atoms.